The molecule has 4 rings (SSSR count). The van der Waals surface area contributed by atoms with Crippen LogP contribution in [-0.2, 0) is 5.41 Å². The van der Waals surface area contributed by atoms with Gasteiger partial charge in [-0.25, -0.2) is 0 Å². The van der Waals surface area contributed by atoms with Gasteiger partial charge in [0.05, 0.1) is 5.41 Å². The molecule has 3 aliphatic rings. The largest absolute Gasteiger partial charge is 0.300 e. The summed E-state index contributed by atoms with van der Waals surface area (Å²) in [6.07, 6.45) is 9.10. The minimum Gasteiger partial charge on any atom is -0.300 e. The highest BCUT2D eigenvalue weighted by Gasteiger charge is 2.51. The smallest absolute Gasteiger partial charge is 0.260 e. The van der Waals surface area contributed by atoms with E-state index in [2.05, 4.69) is 4.90 Å². The molecule has 2 heterocycles. The minimum absolute atomic E-state index is 0.0349. The van der Waals surface area contributed by atoms with Crippen LogP contribution in [0.15, 0.2) is 18.2 Å². The number of piperidine rings is 1. The fourth-order valence-corrected chi connectivity index (χ4v) is 4.96. The van der Waals surface area contributed by atoms with E-state index in [1.54, 1.807) is 0 Å². The van der Waals surface area contributed by atoms with Crippen molar-refractivity contribution in [2.24, 2.45) is 0 Å². The number of fused-ring (bicyclic) bond motifs is 2. The van der Waals surface area contributed by atoms with Gasteiger partial charge in [-0.1, -0.05) is 30.9 Å². The third-order valence-electron chi connectivity index (χ3n) is 6.09. The molecule has 4 heteroatoms. The van der Waals surface area contributed by atoms with Crippen LogP contribution in [0.25, 0.3) is 0 Å². The summed E-state index contributed by atoms with van der Waals surface area (Å²) in [6.45, 7) is 2.87. The van der Waals surface area contributed by atoms with E-state index in [1.807, 2.05) is 18.2 Å². The molecular formula is C18H24ClN2O+. The minimum atomic E-state index is 0.0349. The summed E-state index contributed by atoms with van der Waals surface area (Å²) >= 11 is 6.19. The molecule has 1 spiro atoms. The average Bonchev–Trinajstić information content (AvgIpc) is 2.81. The summed E-state index contributed by atoms with van der Waals surface area (Å²) in [5.74, 6) is 0. The zero-order valence-electron chi connectivity index (χ0n) is 13.1. The van der Waals surface area contributed by atoms with Crippen molar-refractivity contribution in [1.29, 1.82) is 0 Å². The van der Waals surface area contributed by atoms with E-state index in [4.69, 9.17) is 11.6 Å². The summed E-state index contributed by atoms with van der Waals surface area (Å²) in [5, 5.41) is 0.753. The molecule has 1 aliphatic carbocycles. The van der Waals surface area contributed by atoms with Gasteiger partial charge >= 0.3 is 0 Å². The van der Waals surface area contributed by atoms with Gasteiger partial charge in [-0.05, 0) is 50.9 Å². The predicted octanol–water partition coefficient (Wildman–Crippen LogP) is 4.43. The highest BCUT2D eigenvalue weighted by Crippen LogP contribution is 2.47. The van der Waals surface area contributed by atoms with E-state index >= 15 is 0 Å². The molecule has 1 aromatic rings. The van der Waals surface area contributed by atoms with Gasteiger partial charge in [0.1, 0.15) is 0 Å². The third kappa shape index (κ3) is 2.39. The van der Waals surface area contributed by atoms with E-state index in [0.717, 1.165) is 42.7 Å². The Labute approximate surface area is 137 Å². The lowest BCUT2D eigenvalue weighted by Crippen LogP contribution is -2.48. The monoisotopic (exact) mass is 319 g/mol. The molecule has 0 N–H and O–H groups in total. The molecule has 1 aromatic carbocycles. The van der Waals surface area contributed by atoms with Crippen LogP contribution in [0.5, 0.6) is 0 Å². The van der Waals surface area contributed by atoms with Crippen molar-refractivity contribution in [2.75, 3.05) is 19.6 Å². The topological polar surface area (TPSA) is 23.3 Å². The van der Waals surface area contributed by atoms with Crippen molar-refractivity contribution >= 4 is 17.3 Å². The first-order valence-electron chi connectivity index (χ1n) is 8.67. The quantitative estimate of drug-likeness (QED) is 0.715. The van der Waals surface area contributed by atoms with E-state index in [9.17, 15) is 4.91 Å². The Balaban J connectivity index is 1.54. The molecule has 0 aromatic heterocycles. The Hall–Kier alpha value is -0.930. The van der Waals surface area contributed by atoms with Crippen molar-refractivity contribution < 1.29 is 4.76 Å². The third-order valence-corrected chi connectivity index (χ3v) is 6.33. The Morgan fingerprint density at radius 1 is 1.14 bits per heavy atom. The molecule has 3 nitrogen and oxygen atoms in total. The maximum absolute atomic E-state index is 12.3. The fourth-order valence-electron chi connectivity index (χ4n) is 4.79. The van der Waals surface area contributed by atoms with Crippen LogP contribution >= 0.6 is 11.6 Å². The Morgan fingerprint density at radius 2 is 1.86 bits per heavy atom. The number of benzene rings is 1. The lowest BCUT2D eigenvalue weighted by Gasteiger charge is -2.42. The van der Waals surface area contributed by atoms with Crippen LogP contribution in [0, 0.1) is 4.91 Å². The lowest BCUT2D eigenvalue weighted by molar-refractivity contribution is -0.461. The van der Waals surface area contributed by atoms with Crippen molar-refractivity contribution in [3.05, 3.63) is 33.7 Å². The van der Waals surface area contributed by atoms with Crippen molar-refractivity contribution in [2.45, 2.75) is 56.4 Å². The Bertz CT molecular complexity index is 587. The molecule has 2 fully saturated rings. The first kappa shape index (κ1) is 14.6. The van der Waals surface area contributed by atoms with Gasteiger partial charge in [0.15, 0.2) is 0 Å². The highest BCUT2D eigenvalue weighted by atomic mass is 35.5. The first-order chi connectivity index (χ1) is 10.7. The molecule has 1 saturated carbocycles. The van der Waals surface area contributed by atoms with Crippen LogP contribution in [0.4, 0.5) is 5.69 Å². The van der Waals surface area contributed by atoms with Gasteiger partial charge in [-0.3, -0.25) is 0 Å². The zero-order chi connectivity index (χ0) is 15.2. The number of nitrogens with zero attached hydrogens (tertiary/aromatic N) is 2. The Kier molecular flexibility index (Phi) is 3.74. The van der Waals surface area contributed by atoms with Gasteiger partial charge in [-0.2, -0.15) is 0 Å². The summed E-state index contributed by atoms with van der Waals surface area (Å²) < 4.78 is 1.18. The molecule has 0 radical (unpaired) electrons. The molecular weight excluding hydrogens is 296 g/mol. The van der Waals surface area contributed by atoms with E-state index in [1.165, 1.54) is 42.4 Å². The number of nitroso groups, excluding NO2 is 1. The molecule has 0 bridgehead atoms. The zero-order valence-corrected chi connectivity index (χ0v) is 13.8. The lowest BCUT2D eigenvalue weighted by atomic mass is 9.73. The predicted molar refractivity (Wildman–Crippen MR) is 89.0 cm³/mol. The number of likely N-dealkylation sites (tertiary alicyclic amines) is 1. The number of rotatable bonds is 1. The molecule has 0 atom stereocenters. The van der Waals surface area contributed by atoms with Crippen molar-refractivity contribution in [1.82, 2.24) is 4.90 Å². The molecule has 118 valence electrons. The van der Waals surface area contributed by atoms with E-state index in [-0.39, 0.29) is 5.41 Å². The molecule has 22 heavy (non-hydrogen) atoms. The summed E-state index contributed by atoms with van der Waals surface area (Å²) in [4.78, 5) is 15.0. The Morgan fingerprint density at radius 3 is 2.59 bits per heavy atom. The van der Waals surface area contributed by atoms with Crippen molar-refractivity contribution in [3.8, 4) is 0 Å². The number of halogens is 1. The standard InChI is InChI=1S/C18H24ClN2O/c19-14-6-7-17-16(12-14)18(13-21(17)22)8-10-20(11-9-18)15-4-2-1-3-5-15/h6-7,12,15H,1-5,8-11,13H2/q+1. The second-order valence-electron chi connectivity index (χ2n) is 7.31. The van der Waals surface area contributed by atoms with Crippen LogP contribution in [-0.4, -0.2) is 35.3 Å². The normalized spacial score (nSPS) is 25.6. The van der Waals surface area contributed by atoms with Gasteiger partial charge < -0.3 is 4.90 Å². The molecule has 1 saturated heterocycles. The van der Waals surface area contributed by atoms with Gasteiger partial charge in [0.2, 0.25) is 6.54 Å². The number of hydrogen-bond donors (Lipinski definition) is 0. The number of hydrogen-bond acceptors (Lipinski definition) is 2. The molecule has 0 unspecified atom stereocenters. The van der Waals surface area contributed by atoms with Gasteiger partial charge in [-0.15, -0.1) is 0 Å². The summed E-state index contributed by atoms with van der Waals surface area (Å²) in [7, 11) is 0. The van der Waals surface area contributed by atoms with E-state index in [0.29, 0.717) is 6.54 Å². The second-order valence-corrected chi connectivity index (χ2v) is 7.74. The first-order valence-corrected chi connectivity index (χ1v) is 9.05. The van der Waals surface area contributed by atoms with Gasteiger partial charge in [0, 0.05) is 32.4 Å². The van der Waals surface area contributed by atoms with Gasteiger partial charge in [0.25, 0.3) is 5.69 Å². The average molecular weight is 320 g/mol. The maximum Gasteiger partial charge on any atom is 0.260 e. The van der Waals surface area contributed by atoms with Crippen LogP contribution in [0.3, 0.4) is 0 Å². The molecule has 0 amide bonds. The van der Waals surface area contributed by atoms with Crippen molar-refractivity contribution in [3.63, 3.8) is 0 Å². The molecule has 2 aliphatic heterocycles. The second kappa shape index (κ2) is 5.61. The van der Waals surface area contributed by atoms with E-state index < -0.39 is 0 Å². The summed E-state index contributed by atoms with van der Waals surface area (Å²) in [5.41, 5.74) is 2.07. The summed E-state index contributed by atoms with van der Waals surface area (Å²) in [6, 6.07) is 6.55. The maximum atomic E-state index is 12.3. The fraction of sp³-hybridized carbons (Fsp3) is 0.667. The van der Waals surface area contributed by atoms with Crippen LogP contribution in [0.2, 0.25) is 5.02 Å². The SMILES string of the molecule is O=[N+]1CC2(CCN(C3CCCCC3)CC2)c2cc(Cl)ccc21. The van der Waals surface area contributed by atoms with Crippen LogP contribution in [0.1, 0.15) is 50.5 Å². The van der Waals surface area contributed by atoms with Crippen LogP contribution < -0.4 is 0 Å². The highest BCUT2D eigenvalue weighted by molar-refractivity contribution is 6.30.